The highest BCUT2D eigenvalue weighted by molar-refractivity contribution is 9.12. The summed E-state index contributed by atoms with van der Waals surface area (Å²) in [5.74, 6) is 0. The smallest absolute Gasteiger partial charge is 0.0757 e. The van der Waals surface area contributed by atoms with E-state index in [2.05, 4.69) is 94.9 Å². The summed E-state index contributed by atoms with van der Waals surface area (Å²) >= 11 is 16.1. The van der Waals surface area contributed by atoms with Crippen LogP contribution in [-0.4, -0.2) is 0 Å². The first-order valence-electron chi connectivity index (χ1n) is 4.84. The van der Waals surface area contributed by atoms with Crippen LogP contribution in [0, 0.1) is 6.92 Å². The van der Waals surface area contributed by atoms with E-state index in [1.165, 1.54) is 16.7 Å². The highest BCUT2D eigenvalue weighted by Crippen LogP contribution is 2.42. The van der Waals surface area contributed by atoms with Gasteiger partial charge in [0.05, 0.1) is 12.4 Å². The van der Waals surface area contributed by atoms with Crippen molar-refractivity contribution in [1.82, 2.24) is 0 Å². The van der Waals surface area contributed by atoms with Gasteiger partial charge < -0.3 is 0 Å². The average Bonchev–Trinajstić information content (AvgIpc) is 2.57. The molecule has 2 aromatic rings. The van der Waals surface area contributed by atoms with E-state index in [4.69, 9.17) is 0 Å². The quantitative estimate of drug-likeness (QED) is 0.394. The normalized spacial score (nSPS) is 12.8. The predicted molar refractivity (Wildman–Crippen MR) is 89.4 cm³/mol. The number of thiophene rings is 1. The van der Waals surface area contributed by atoms with E-state index in [1.54, 1.807) is 11.3 Å². The van der Waals surface area contributed by atoms with Crippen molar-refractivity contribution < 1.29 is 0 Å². The fraction of sp³-hybridized carbons (Fsp3) is 0.167. The van der Waals surface area contributed by atoms with E-state index in [9.17, 15) is 0 Å². The maximum absolute atomic E-state index is 3.77. The highest BCUT2D eigenvalue weighted by Gasteiger charge is 2.17. The molecule has 1 heterocycles. The van der Waals surface area contributed by atoms with Gasteiger partial charge in [0.1, 0.15) is 0 Å². The molecule has 0 nitrogen and oxygen atoms in total. The maximum Gasteiger partial charge on any atom is 0.0757 e. The summed E-state index contributed by atoms with van der Waals surface area (Å²) in [5, 5.41) is 0. The summed E-state index contributed by atoms with van der Waals surface area (Å²) in [7, 11) is 0. The van der Waals surface area contributed by atoms with Crippen molar-refractivity contribution in [3.8, 4) is 0 Å². The van der Waals surface area contributed by atoms with Crippen molar-refractivity contribution in [2.45, 2.75) is 11.8 Å². The Bertz CT molecular complexity index is 547. The third-order valence-corrected chi connectivity index (χ3v) is 6.33. The Hall–Kier alpha value is 0.840. The van der Waals surface area contributed by atoms with Crippen LogP contribution in [0.25, 0.3) is 0 Å². The molecule has 17 heavy (non-hydrogen) atoms. The molecule has 0 aliphatic carbocycles. The lowest BCUT2D eigenvalue weighted by atomic mass is 10.0. The van der Waals surface area contributed by atoms with Crippen LogP contribution in [0.5, 0.6) is 0 Å². The van der Waals surface area contributed by atoms with E-state index >= 15 is 0 Å². The van der Waals surface area contributed by atoms with Crippen LogP contribution in [0.2, 0.25) is 0 Å². The Kier molecular flexibility index (Phi) is 4.92. The Morgan fingerprint density at radius 2 is 1.76 bits per heavy atom. The Morgan fingerprint density at radius 3 is 2.29 bits per heavy atom. The summed E-state index contributed by atoms with van der Waals surface area (Å²) in [6, 6.07) is 8.51. The number of benzene rings is 1. The van der Waals surface area contributed by atoms with E-state index in [0.29, 0.717) is 0 Å². The molecular weight excluding hydrogens is 496 g/mol. The largest absolute Gasteiger partial charge is 0.121 e. The van der Waals surface area contributed by atoms with Gasteiger partial charge in [0.15, 0.2) is 0 Å². The first kappa shape index (κ1) is 14.3. The van der Waals surface area contributed by atoms with Gasteiger partial charge in [-0.05, 0) is 73.7 Å². The first-order valence-corrected chi connectivity index (χ1v) is 8.95. The van der Waals surface area contributed by atoms with E-state index in [1.807, 2.05) is 0 Å². The van der Waals surface area contributed by atoms with Crippen LogP contribution < -0.4 is 0 Å². The van der Waals surface area contributed by atoms with Crippen molar-refractivity contribution in [1.29, 1.82) is 0 Å². The molecule has 0 amide bonds. The van der Waals surface area contributed by atoms with Crippen LogP contribution in [0.15, 0.2) is 36.3 Å². The van der Waals surface area contributed by atoms with Gasteiger partial charge in [0.25, 0.3) is 0 Å². The number of aryl methyl sites for hydroxylation is 1. The molecule has 0 radical (unpaired) electrons. The van der Waals surface area contributed by atoms with Crippen molar-refractivity contribution in [2.75, 3.05) is 0 Å². The van der Waals surface area contributed by atoms with Gasteiger partial charge in [-0.3, -0.25) is 0 Å². The van der Waals surface area contributed by atoms with Gasteiger partial charge in [-0.1, -0.05) is 37.9 Å². The first-order chi connectivity index (χ1) is 7.99. The van der Waals surface area contributed by atoms with Gasteiger partial charge in [-0.2, -0.15) is 0 Å². The molecule has 1 atom stereocenters. The molecule has 5 heteroatoms. The Balaban J connectivity index is 2.43. The number of hydrogen-bond acceptors (Lipinski definition) is 1. The Labute approximate surface area is 138 Å². The van der Waals surface area contributed by atoms with Crippen LogP contribution in [0.1, 0.15) is 21.5 Å². The number of alkyl halides is 1. The second kappa shape index (κ2) is 5.87. The molecule has 0 N–H and O–H groups in total. The minimum atomic E-state index is 0.215. The second-order valence-electron chi connectivity index (χ2n) is 3.64. The van der Waals surface area contributed by atoms with Crippen molar-refractivity contribution >= 4 is 75.1 Å². The number of rotatable bonds is 2. The van der Waals surface area contributed by atoms with Gasteiger partial charge in [-0.15, -0.1) is 11.3 Å². The SMILES string of the molecule is Cc1cc(Br)ccc1C(Br)c1cc(Br)sc1Br. The summed E-state index contributed by atoms with van der Waals surface area (Å²) in [6.45, 7) is 2.13. The summed E-state index contributed by atoms with van der Waals surface area (Å²) in [5.41, 5.74) is 3.82. The zero-order chi connectivity index (χ0) is 12.6. The molecule has 2 rings (SSSR count). The van der Waals surface area contributed by atoms with Crippen LogP contribution in [-0.2, 0) is 0 Å². The van der Waals surface area contributed by atoms with Crippen LogP contribution >= 0.6 is 75.1 Å². The minimum absolute atomic E-state index is 0.215. The predicted octanol–water partition coefficient (Wildman–Crippen LogP) is 6.83. The van der Waals surface area contributed by atoms with Crippen molar-refractivity contribution in [3.63, 3.8) is 0 Å². The lowest BCUT2D eigenvalue weighted by molar-refractivity contribution is 1.14. The molecule has 0 saturated carbocycles. The van der Waals surface area contributed by atoms with Gasteiger partial charge in [0, 0.05) is 4.47 Å². The molecule has 90 valence electrons. The lowest BCUT2D eigenvalue weighted by Crippen LogP contribution is -1.94. The summed E-state index contributed by atoms with van der Waals surface area (Å²) in [6.07, 6.45) is 0. The molecule has 0 fully saturated rings. The van der Waals surface area contributed by atoms with Crippen LogP contribution in [0.3, 0.4) is 0 Å². The lowest BCUT2D eigenvalue weighted by Gasteiger charge is -2.13. The fourth-order valence-electron chi connectivity index (χ4n) is 1.62. The van der Waals surface area contributed by atoms with E-state index in [0.717, 1.165) is 12.0 Å². The van der Waals surface area contributed by atoms with Gasteiger partial charge in [-0.25, -0.2) is 0 Å². The van der Waals surface area contributed by atoms with Crippen LogP contribution in [0.4, 0.5) is 0 Å². The molecule has 0 bridgehead atoms. The van der Waals surface area contributed by atoms with Gasteiger partial charge >= 0.3 is 0 Å². The molecule has 0 aliphatic heterocycles. The third kappa shape index (κ3) is 3.24. The van der Waals surface area contributed by atoms with Crippen molar-refractivity contribution in [3.05, 3.63) is 53.0 Å². The zero-order valence-electron chi connectivity index (χ0n) is 8.81. The molecule has 1 unspecified atom stereocenters. The summed E-state index contributed by atoms with van der Waals surface area (Å²) < 4.78 is 3.41. The van der Waals surface area contributed by atoms with E-state index < -0.39 is 0 Å². The number of hydrogen-bond donors (Lipinski definition) is 0. The van der Waals surface area contributed by atoms with E-state index in [-0.39, 0.29) is 4.83 Å². The molecule has 1 aromatic carbocycles. The maximum atomic E-state index is 3.77. The van der Waals surface area contributed by atoms with Gasteiger partial charge in [0.2, 0.25) is 0 Å². The summed E-state index contributed by atoms with van der Waals surface area (Å²) in [4.78, 5) is 0.215. The topological polar surface area (TPSA) is 0 Å². The molecule has 0 spiro atoms. The fourth-order valence-corrected chi connectivity index (χ4v) is 6.33. The zero-order valence-corrected chi connectivity index (χ0v) is 16.0. The van der Waals surface area contributed by atoms with Crippen molar-refractivity contribution in [2.24, 2.45) is 0 Å². The molecular formula is C12H8Br4S. The third-order valence-electron chi connectivity index (χ3n) is 2.46. The second-order valence-corrected chi connectivity index (χ2v) is 9.22. The standard InChI is InChI=1S/C12H8Br4S/c1-6-4-7(13)2-3-8(6)11(15)9-5-10(14)17-12(9)16/h2-5,11H,1H3. The highest BCUT2D eigenvalue weighted by atomic mass is 79.9. The molecule has 1 aromatic heterocycles. The Morgan fingerprint density at radius 1 is 1.06 bits per heavy atom. The molecule has 0 saturated heterocycles. The monoisotopic (exact) mass is 500 g/mol. The number of halogens is 4. The minimum Gasteiger partial charge on any atom is -0.121 e. The average molecular weight is 504 g/mol. The molecule has 0 aliphatic rings.